The summed E-state index contributed by atoms with van der Waals surface area (Å²) in [7, 11) is 0. The first kappa shape index (κ1) is 30.0. The Bertz CT molecular complexity index is 1540. The second-order valence-electron chi connectivity index (χ2n) is 11.9. The van der Waals surface area contributed by atoms with Crippen LogP contribution >= 0.6 is 23.2 Å². The van der Waals surface area contributed by atoms with E-state index in [9.17, 15) is 0 Å². The summed E-state index contributed by atoms with van der Waals surface area (Å²) >= 11 is 12.2. The van der Waals surface area contributed by atoms with Gasteiger partial charge >= 0.3 is 280 Å². The summed E-state index contributed by atoms with van der Waals surface area (Å²) in [5.41, 5.74) is 14.0. The average Bonchev–Trinajstić information content (AvgIpc) is 3.43. The van der Waals surface area contributed by atoms with Gasteiger partial charge in [-0.3, -0.25) is 0 Å². The maximum absolute atomic E-state index is 7.08. The summed E-state index contributed by atoms with van der Waals surface area (Å²) in [6.45, 7) is 10.1. The maximum atomic E-state index is 7.08. The molecule has 41 heavy (non-hydrogen) atoms. The molecular weight excluding hydrogens is 714 g/mol. The summed E-state index contributed by atoms with van der Waals surface area (Å²) in [5.74, 6) is 1.39. The van der Waals surface area contributed by atoms with E-state index in [1.807, 2.05) is 0 Å². The molecule has 0 spiro atoms. The summed E-state index contributed by atoms with van der Waals surface area (Å²) in [4.78, 5) is 0. The van der Waals surface area contributed by atoms with Gasteiger partial charge in [-0.25, -0.2) is 0 Å². The van der Waals surface area contributed by atoms with Crippen LogP contribution in [0.3, 0.4) is 0 Å². The van der Waals surface area contributed by atoms with Crippen LogP contribution < -0.4 is 0 Å². The molecule has 4 aromatic carbocycles. The molecule has 5 heteroatoms. The quantitative estimate of drug-likeness (QED) is 0.124. The Morgan fingerprint density at radius 2 is 0.951 bits per heavy atom. The van der Waals surface area contributed by atoms with Crippen molar-refractivity contribution in [1.82, 2.24) is 0 Å². The Morgan fingerprint density at radius 3 is 1.32 bits per heavy atom. The van der Waals surface area contributed by atoms with Crippen molar-refractivity contribution in [3.05, 3.63) is 130 Å². The Morgan fingerprint density at radius 1 is 0.561 bits per heavy atom. The van der Waals surface area contributed by atoms with Crippen molar-refractivity contribution in [2.45, 2.75) is 33.2 Å². The van der Waals surface area contributed by atoms with Crippen molar-refractivity contribution < 1.29 is 44.8 Å². The molecule has 0 amide bonds. The second kappa shape index (κ2) is 11.8. The predicted molar refractivity (Wildman–Crippen MR) is 173 cm³/mol. The van der Waals surface area contributed by atoms with Crippen LogP contribution in [-0.4, -0.2) is 14.1 Å². The van der Waals surface area contributed by atoms with Gasteiger partial charge in [0.15, 0.2) is 0 Å². The molecule has 204 valence electrons. The van der Waals surface area contributed by atoms with E-state index in [0.29, 0.717) is 11.8 Å². The first-order chi connectivity index (χ1) is 19.7. The van der Waals surface area contributed by atoms with Crippen LogP contribution in [0.25, 0.3) is 34.4 Å². The molecule has 4 aromatic rings. The average molecular weight is 748 g/mol. The monoisotopic (exact) mass is 744 g/mol. The van der Waals surface area contributed by atoms with Crippen molar-refractivity contribution >= 4 is 37.7 Å². The second-order valence-corrected chi connectivity index (χ2v) is 51.5. The molecule has 2 aliphatic rings. The van der Waals surface area contributed by atoms with Crippen LogP contribution in [0.15, 0.2) is 108 Å². The number of alkyl halides is 2. The fourth-order valence-electron chi connectivity index (χ4n) is 6.88. The number of halogens is 2. The molecule has 0 N–H and O–H groups in total. The van der Waals surface area contributed by atoms with Gasteiger partial charge in [0.05, 0.1) is 0 Å². The number of hydrogen-bond donors (Lipinski definition) is 0. The number of allylic oxidation sites excluding steroid dienone is 2. The minimum atomic E-state index is -1.54. The van der Waals surface area contributed by atoms with Crippen LogP contribution in [-0.2, 0) is 51.0 Å². The number of rotatable bonds is 8. The first-order valence-electron chi connectivity index (χ1n) is 14.2. The Labute approximate surface area is 277 Å². The molecule has 0 nitrogen and oxygen atoms in total. The summed E-state index contributed by atoms with van der Waals surface area (Å²) in [6.07, 6.45) is 4.94. The van der Waals surface area contributed by atoms with E-state index in [2.05, 4.69) is 136 Å². The SMILES string of the molecule is CC1=Cc2c(-c3ccccc3)cccc2[C]1(CCl)[Zr][Si](C)(C)[Zr][C]1(CCl)C(C)=Cc2c(-c3ccccc3)cccc21. The predicted octanol–water partition coefficient (Wildman–Crippen LogP) is 10.3. The van der Waals surface area contributed by atoms with Crippen LogP contribution in [0.5, 0.6) is 0 Å². The molecule has 2 unspecified atom stereocenters. The third-order valence-electron chi connectivity index (χ3n) is 8.82. The van der Waals surface area contributed by atoms with E-state index in [0.717, 1.165) is 0 Å². The van der Waals surface area contributed by atoms with E-state index in [4.69, 9.17) is 23.2 Å². The summed E-state index contributed by atoms with van der Waals surface area (Å²) in [6, 6.07) is 35.5. The van der Waals surface area contributed by atoms with Gasteiger partial charge in [0, 0.05) is 0 Å². The molecule has 2 atom stereocenters. The zero-order valence-electron chi connectivity index (χ0n) is 24.1. The molecule has 0 heterocycles. The third-order valence-corrected chi connectivity index (χ3v) is 43.4. The van der Waals surface area contributed by atoms with Crippen LogP contribution in [0.1, 0.15) is 36.1 Å². The first-order valence-corrected chi connectivity index (χ1v) is 28.1. The van der Waals surface area contributed by atoms with Gasteiger partial charge in [-0.15, -0.1) is 0 Å². The van der Waals surface area contributed by atoms with Crippen LogP contribution in [0.4, 0.5) is 0 Å². The van der Waals surface area contributed by atoms with E-state index >= 15 is 0 Å². The van der Waals surface area contributed by atoms with Crippen LogP contribution in [0.2, 0.25) is 13.1 Å². The molecule has 0 aliphatic heterocycles. The number of hydrogen-bond acceptors (Lipinski definition) is 0. The molecule has 0 radical (unpaired) electrons. The van der Waals surface area contributed by atoms with Crippen molar-refractivity contribution in [2.24, 2.45) is 0 Å². The molecule has 2 aliphatic carbocycles. The van der Waals surface area contributed by atoms with E-state index in [1.54, 1.807) is 0 Å². The summed E-state index contributed by atoms with van der Waals surface area (Å²) in [5, 5.41) is 0. The fourth-order valence-corrected chi connectivity index (χ4v) is 57.8. The zero-order chi connectivity index (χ0) is 28.8. The van der Waals surface area contributed by atoms with Gasteiger partial charge in [0.2, 0.25) is 0 Å². The normalized spacial score (nSPS) is 21.1. The molecule has 0 aromatic heterocycles. The Hall–Kier alpha value is -1.08. The van der Waals surface area contributed by atoms with Gasteiger partial charge in [-0.2, -0.15) is 0 Å². The van der Waals surface area contributed by atoms with Gasteiger partial charge in [-0.1, -0.05) is 0 Å². The van der Waals surface area contributed by atoms with Crippen molar-refractivity contribution in [3.8, 4) is 22.3 Å². The molecular formula is C36H34Cl2SiZr2. The van der Waals surface area contributed by atoms with Gasteiger partial charge in [0.1, 0.15) is 0 Å². The van der Waals surface area contributed by atoms with E-state index in [1.165, 1.54) is 55.7 Å². The van der Waals surface area contributed by atoms with Gasteiger partial charge < -0.3 is 0 Å². The molecule has 0 bridgehead atoms. The molecule has 0 fully saturated rings. The van der Waals surface area contributed by atoms with E-state index in [-0.39, 0.29) is 6.25 Å². The van der Waals surface area contributed by atoms with Gasteiger partial charge in [0.25, 0.3) is 0 Å². The minimum absolute atomic E-state index is 0.0556. The third kappa shape index (κ3) is 5.21. The van der Waals surface area contributed by atoms with Gasteiger partial charge in [-0.05, 0) is 0 Å². The summed E-state index contributed by atoms with van der Waals surface area (Å²) < 4.78 is -1.43. The van der Waals surface area contributed by atoms with E-state index < -0.39 is 47.1 Å². The van der Waals surface area contributed by atoms with Crippen LogP contribution in [0, 0.1) is 0 Å². The molecule has 0 saturated carbocycles. The molecule has 0 saturated heterocycles. The fraction of sp³-hybridized carbons (Fsp3) is 0.222. The molecule has 6 rings (SSSR count). The standard InChI is InChI=1S/2C17H14Cl.C2H6Si.2Zr/c2*1-12-10-16-14(13-6-3-2-4-7-13)8-5-9-15(16)17(12)11-18;1-3-2;;/h2*2-10H,11H2,1H3;1-2H3;;. The van der Waals surface area contributed by atoms with Crippen molar-refractivity contribution in [3.63, 3.8) is 0 Å². The van der Waals surface area contributed by atoms with Crippen molar-refractivity contribution in [1.29, 1.82) is 0 Å². The number of benzene rings is 4. The zero-order valence-corrected chi connectivity index (χ0v) is 31.5. The van der Waals surface area contributed by atoms with Crippen molar-refractivity contribution in [2.75, 3.05) is 11.8 Å². The Kier molecular flexibility index (Phi) is 8.61. The topological polar surface area (TPSA) is 0 Å². The Balaban J connectivity index is 1.39. The number of fused-ring (bicyclic) bond motifs is 2.